The van der Waals surface area contributed by atoms with Gasteiger partial charge in [0.2, 0.25) is 0 Å². The standard InChI is InChI=1S/C29H26FN3O2/c30-26-15-21(20-6-2-1-3-7-20)11-12-24(26)29(35)33-28-25-14-19(9-10-22(25)16-27(28)34)17-31-18-23-8-4-5-13-32-23/h1-15,27-28,31,34H,16-18H2,(H,33,35)/t27-,28-/m1/s1. The first kappa shape index (κ1) is 22.9. The number of hydrogen-bond acceptors (Lipinski definition) is 4. The van der Waals surface area contributed by atoms with Crippen LogP contribution in [0.5, 0.6) is 0 Å². The van der Waals surface area contributed by atoms with Gasteiger partial charge in [-0.1, -0.05) is 60.7 Å². The van der Waals surface area contributed by atoms with E-state index in [1.165, 1.54) is 12.1 Å². The minimum atomic E-state index is -0.766. The average Bonchev–Trinajstić information content (AvgIpc) is 3.19. The Morgan fingerprint density at radius 3 is 2.54 bits per heavy atom. The number of nitrogens with one attached hydrogen (secondary N) is 2. The van der Waals surface area contributed by atoms with Crippen molar-refractivity contribution in [2.24, 2.45) is 0 Å². The molecule has 1 heterocycles. The van der Waals surface area contributed by atoms with E-state index in [9.17, 15) is 14.3 Å². The van der Waals surface area contributed by atoms with Crippen LogP contribution in [0.15, 0.2) is 91.1 Å². The number of aromatic nitrogens is 1. The third kappa shape index (κ3) is 5.14. The summed E-state index contributed by atoms with van der Waals surface area (Å²) in [6.45, 7) is 1.26. The number of carbonyl (C=O) groups excluding carboxylic acids is 1. The highest BCUT2D eigenvalue weighted by molar-refractivity contribution is 5.95. The minimum Gasteiger partial charge on any atom is -0.390 e. The number of pyridine rings is 1. The molecular formula is C29H26FN3O2. The number of hydrogen-bond donors (Lipinski definition) is 3. The number of nitrogens with zero attached hydrogens (tertiary/aromatic N) is 1. The van der Waals surface area contributed by atoms with E-state index in [-0.39, 0.29) is 5.56 Å². The summed E-state index contributed by atoms with van der Waals surface area (Å²) in [4.78, 5) is 17.3. The number of fused-ring (bicyclic) bond motifs is 1. The predicted octanol–water partition coefficient (Wildman–Crippen LogP) is 4.57. The Bertz CT molecular complexity index is 1330. The van der Waals surface area contributed by atoms with E-state index in [0.29, 0.717) is 25.1 Å². The molecule has 176 valence electrons. The summed E-state index contributed by atoms with van der Waals surface area (Å²) in [5, 5.41) is 16.9. The monoisotopic (exact) mass is 467 g/mol. The zero-order valence-corrected chi connectivity index (χ0v) is 19.1. The van der Waals surface area contributed by atoms with Gasteiger partial charge in [0.15, 0.2) is 0 Å². The summed E-state index contributed by atoms with van der Waals surface area (Å²) in [6, 6.07) is 25.2. The number of carbonyl (C=O) groups is 1. The van der Waals surface area contributed by atoms with Crippen molar-refractivity contribution in [1.82, 2.24) is 15.6 Å². The molecule has 5 rings (SSSR count). The van der Waals surface area contributed by atoms with Gasteiger partial charge in [-0.25, -0.2) is 4.39 Å². The number of aliphatic hydroxyl groups excluding tert-OH is 1. The molecule has 0 aliphatic heterocycles. The third-order valence-corrected chi connectivity index (χ3v) is 6.33. The van der Waals surface area contributed by atoms with Crippen LogP contribution in [0, 0.1) is 5.82 Å². The molecule has 1 aliphatic carbocycles. The molecule has 1 aliphatic rings. The molecule has 0 bridgehead atoms. The number of halogens is 1. The second-order valence-electron chi connectivity index (χ2n) is 8.74. The normalized spacial score (nSPS) is 16.6. The highest BCUT2D eigenvalue weighted by Crippen LogP contribution is 2.33. The SMILES string of the molecule is O=C(N[C@@H]1c2cc(CNCc3ccccn3)ccc2C[C@H]1O)c1ccc(-c2ccccc2)cc1F. The fourth-order valence-electron chi connectivity index (χ4n) is 4.52. The van der Waals surface area contributed by atoms with Crippen molar-refractivity contribution in [1.29, 1.82) is 0 Å². The van der Waals surface area contributed by atoms with Crippen LogP contribution in [-0.2, 0) is 19.5 Å². The Labute approximate surface area is 203 Å². The zero-order valence-electron chi connectivity index (χ0n) is 19.1. The quantitative estimate of drug-likeness (QED) is 0.372. The number of amides is 1. The zero-order chi connectivity index (χ0) is 24.2. The highest BCUT2D eigenvalue weighted by atomic mass is 19.1. The van der Waals surface area contributed by atoms with E-state index in [1.54, 1.807) is 12.3 Å². The van der Waals surface area contributed by atoms with E-state index in [2.05, 4.69) is 15.6 Å². The smallest absolute Gasteiger partial charge is 0.254 e. The van der Waals surface area contributed by atoms with Crippen LogP contribution in [0.25, 0.3) is 11.1 Å². The summed E-state index contributed by atoms with van der Waals surface area (Å²) in [6.07, 6.45) is 1.44. The molecule has 35 heavy (non-hydrogen) atoms. The number of aliphatic hydroxyl groups is 1. The lowest BCUT2D eigenvalue weighted by atomic mass is 10.0. The molecule has 4 aromatic rings. The van der Waals surface area contributed by atoms with Crippen LogP contribution in [0.3, 0.4) is 0 Å². The Morgan fingerprint density at radius 2 is 1.77 bits per heavy atom. The van der Waals surface area contributed by atoms with Crippen LogP contribution in [0.1, 0.15) is 38.8 Å². The van der Waals surface area contributed by atoms with Gasteiger partial charge < -0.3 is 15.7 Å². The van der Waals surface area contributed by atoms with Gasteiger partial charge in [-0.15, -0.1) is 0 Å². The van der Waals surface area contributed by atoms with Crippen LogP contribution in [0.2, 0.25) is 0 Å². The fraction of sp³-hybridized carbons (Fsp3) is 0.172. The fourth-order valence-corrected chi connectivity index (χ4v) is 4.52. The predicted molar refractivity (Wildman–Crippen MR) is 133 cm³/mol. The van der Waals surface area contributed by atoms with Crippen LogP contribution < -0.4 is 10.6 Å². The first-order valence-corrected chi connectivity index (χ1v) is 11.6. The molecule has 0 fully saturated rings. The molecule has 5 nitrogen and oxygen atoms in total. The molecule has 0 unspecified atom stereocenters. The maximum atomic E-state index is 14.9. The molecule has 2 atom stereocenters. The molecule has 0 radical (unpaired) electrons. The van der Waals surface area contributed by atoms with Gasteiger partial charge in [-0.05, 0) is 52.1 Å². The van der Waals surface area contributed by atoms with Crippen molar-refractivity contribution >= 4 is 5.91 Å². The number of benzene rings is 3. The van der Waals surface area contributed by atoms with E-state index in [1.807, 2.05) is 66.7 Å². The van der Waals surface area contributed by atoms with E-state index < -0.39 is 23.9 Å². The van der Waals surface area contributed by atoms with Crippen molar-refractivity contribution in [2.45, 2.75) is 31.7 Å². The maximum absolute atomic E-state index is 14.9. The van der Waals surface area contributed by atoms with E-state index in [4.69, 9.17) is 0 Å². The maximum Gasteiger partial charge on any atom is 0.254 e. The first-order valence-electron chi connectivity index (χ1n) is 11.6. The summed E-state index contributed by atoms with van der Waals surface area (Å²) in [7, 11) is 0. The summed E-state index contributed by atoms with van der Waals surface area (Å²) in [5.41, 5.74) is 5.37. The van der Waals surface area contributed by atoms with Gasteiger partial charge in [0.25, 0.3) is 5.91 Å². The van der Waals surface area contributed by atoms with Crippen molar-refractivity contribution in [3.05, 3.63) is 125 Å². The second-order valence-corrected chi connectivity index (χ2v) is 8.74. The largest absolute Gasteiger partial charge is 0.390 e. The Kier molecular flexibility index (Phi) is 6.66. The van der Waals surface area contributed by atoms with Gasteiger partial charge in [0.05, 0.1) is 23.4 Å². The topological polar surface area (TPSA) is 74.2 Å². The lowest BCUT2D eigenvalue weighted by molar-refractivity contribution is 0.0854. The van der Waals surface area contributed by atoms with Gasteiger partial charge in [-0.2, -0.15) is 0 Å². The molecule has 3 aromatic carbocycles. The van der Waals surface area contributed by atoms with Crippen LogP contribution >= 0.6 is 0 Å². The third-order valence-electron chi connectivity index (χ3n) is 6.33. The lowest BCUT2D eigenvalue weighted by Crippen LogP contribution is -2.34. The van der Waals surface area contributed by atoms with Crippen LogP contribution in [-0.4, -0.2) is 22.1 Å². The van der Waals surface area contributed by atoms with Gasteiger partial charge >= 0.3 is 0 Å². The summed E-state index contributed by atoms with van der Waals surface area (Å²) < 4.78 is 14.9. The molecule has 0 saturated carbocycles. The second kappa shape index (κ2) is 10.2. The van der Waals surface area contributed by atoms with Gasteiger partial charge in [0.1, 0.15) is 5.82 Å². The van der Waals surface area contributed by atoms with E-state index in [0.717, 1.165) is 27.9 Å². The van der Waals surface area contributed by atoms with Crippen LogP contribution in [0.4, 0.5) is 4.39 Å². The molecule has 1 aromatic heterocycles. The van der Waals surface area contributed by atoms with Crippen molar-refractivity contribution in [3.8, 4) is 11.1 Å². The van der Waals surface area contributed by atoms with Gasteiger partial charge in [-0.3, -0.25) is 9.78 Å². The molecule has 6 heteroatoms. The molecule has 1 amide bonds. The van der Waals surface area contributed by atoms with Crippen molar-refractivity contribution < 1.29 is 14.3 Å². The van der Waals surface area contributed by atoms with Crippen molar-refractivity contribution in [3.63, 3.8) is 0 Å². The van der Waals surface area contributed by atoms with Gasteiger partial charge in [0, 0.05) is 25.7 Å². The van der Waals surface area contributed by atoms with E-state index >= 15 is 0 Å². The number of rotatable bonds is 7. The minimum absolute atomic E-state index is 0.0430. The first-order chi connectivity index (χ1) is 17.1. The molecule has 0 saturated heterocycles. The van der Waals surface area contributed by atoms with Crippen molar-refractivity contribution in [2.75, 3.05) is 0 Å². The summed E-state index contributed by atoms with van der Waals surface area (Å²) >= 11 is 0. The Hall–Kier alpha value is -3.87. The Morgan fingerprint density at radius 1 is 0.943 bits per heavy atom. The Balaban J connectivity index is 1.28. The molecule has 0 spiro atoms. The lowest BCUT2D eigenvalue weighted by Gasteiger charge is -2.19. The highest BCUT2D eigenvalue weighted by Gasteiger charge is 2.33. The summed E-state index contributed by atoms with van der Waals surface area (Å²) in [5.74, 6) is -1.14. The molecule has 3 N–H and O–H groups in total. The average molecular weight is 468 g/mol. The molecular weight excluding hydrogens is 441 g/mol.